The molecule has 0 aliphatic rings. The Labute approximate surface area is 122 Å². The van der Waals surface area contributed by atoms with Gasteiger partial charge >= 0.3 is 5.97 Å². The van der Waals surface area contributed by atoms with E-state index in [1.807, 2.05) is 12.1 Å². The van der Waals surface area contributed by atoms with Gasteiger partial charge in [-0.3, -0.25) is 0 Å². The summed E-state index contributed by atoms with van der Waals surface area (Å²) in [5.41, 5.74) is 2.39. The molecule has 3 nitrogen and oxygen atoms in total. The number of rotatable bonds is 6. The van der Waals surface area contributed by atoms with Crippen LogP contribution in [0.2, 0.25) is 0 Å². The van der Waals surface area contributed by atoms with E-state index in [9.17, 15) is 4.79 Å². The summed E-state index contributed by atoms with van der Waals surface area (Å²) in [6.45, 7) is 8.68. The van der Waals surface area contributed by atoms with Gasteiger partial charge in [-0.15, -0.1) is 0 Å². The van der Waals surface area contributed by atoms with Crippen LogP contribution in [0, 0.1) is 0 Å². The van der Waals surface area contributed by atoms with E-state index < -0.39 is 0 Å². The standard InChI is InChI=1S/C17H27NO2/c1-6-7-8-15(16(19)20-5)18-14-11-9-13(10-12-14)17(2,3)4/h9-12,15,18H,6-8H2,1-5H3. The Morgan fingerprint density at radius 1 is 1.25 bits per heavy atom. The van der Waals surface area contributed by atoms with Crippen molar-refractivity contribution in [2.45, 2.75) is 58.4 Å². The Bertz CT molecular complexity index is 418. The zero-order valence-electron chi connectivity index (χ0n) is 13.3. The number of nitrogens with one attached hydrogen (secondary N) is 1. The van der Waals surface area contributed by atoms with E-state index in [2.05, 4.69) is 45.1 Å². The smallest absolute Gasteiger partial charge is 0.328 e. The lowest BCUT2D eigenvalue weighted by atomic mass is 9.87. The summed E-state index contributed by atoms with van der Waals surface area (Å²) in [6, 6.07) is 8.01. The van der Waals surface area contributed by atoms with Crippen LogP contribution in [-0.2, 0) is 14.9 Å². The van der Waals surface area contributed by atoms with Crippen molar-refractivity contribution in [2.24, 2.45) is 0 Å². The zero-order chi connectivity index (χ0) is 15.2. The first-order valence-electron chi connectivity index (χ1n) is 7.33. The van der Waals surface area contributed by atoms with Gasteiger partial charge in [0.05, 0.1) is 7.11 Å². The fourth-order valence-corrected chi connectivity index (χ4v) is 2.07. The molecule has 1 aromatic rings. The van der Waals surface area contributed by atoms with Gasteiger partial charge in [0, 0.05) is 5.69 Å². The maximum Gasteiger partial charge on any atom is 0.328 e. The van der Waals surface area contributed by atoms with E-state index >= 15 is 0 Å². The third-order valence-corrected chi connectivity index (χ3v) is 3.42. The summed E-state index contributed by atoms with van der Waals surface area (Å²) in [6.07, 6.45) is 2.87. The number of ether oxygens (including phenoxy) is 1. The highest BCUT2D eigenvalue weighted by molar-refractivity contribution is 5.79. The molecule has 0 aliphatic carbocycles. The first-order chi connectivity index (χ1) is 9.38. The molecule has 1 N–H and O–H groups in total. The third-order valence-electron chi connectivity index (χ3n) is 3.42. The highest BCUT2D eigenvalue weighted by atomic mass is 16.5. The number of hydrogen-bond acceptors (Lipinski definition) is 3. The van der Waals surface area contributed by atoms with Gasteiger partial charge in [-0.25, -0.2) is 4.79 Å². The predicted octanol–water partition coefficient (Wildman–Crippen LogP) is 4.13. The molecule has 0 aromatic heterocycles. The molecule has 1 aromatic carbocycles. The number of anilines is 1. The van der Waals surface area contributed by atoms with Crippen molar-refractivity contribution in [2.75, 3.05) is 12.4 Å². The molecule has 1 unspecified atom stereocenters. The van der Waals surface area contributed by atoms with Gasteiger partial charge in [-0.05, 0) is 29.5 Å². The Hall–Kier alpha value is -1.51. The van der Waals surface area contributed by atoms with Crippen LogP contribution in [0.15, 0.2) is 24.3 Å². The number of benzene rings is 1. The van der Waals surface area contributed by atoms with Gasteiger partial charge in [-0.2, -0.15) is 0 Å². The molecule has 20 heavy (non-hydrogen) atoms. The van der Waals surface area contributed by atoms with Crippen molar-refractivity contribution >= 4 is 11.7 Å². The maximum atomic E-state index is 11.8. The summed E-state index contributed by atoms with van der Waals surface area (Å²) in [5.74, 6) is -0.196. The van der Waals surface area contributed by atoms with E-state index in [4.69, 9.17) is 4.74 Å². The minimum atomic E-state index is -0.263. The molecule has 0 amide bonds. The van der Waals surface area contributed by atoms with E-state index in [1.54, 1.807) is 0 Å². The van der Waals surface area contributed by atoms with Crippen molar-refractivity contribution in [3.8, 4) is 0 Å². The quantitative estimate of drug-likeness (QED) is 0.795. The van der Waals surface area contributed by atoms with Crippen LogP contribution in [0.5, 0.6) is 0 Å². The molecule has 0 heterocycles. The van der Waals surface area contributed by atoms with Crippen LogP contribution >= 0.6 is 0 Å². The van der Waals surface area contributed by atoms with Gasteiger partial charge in [0.25, 0.3) is 0 Å². The molecule has 0 spiro atoms. The van der Waals surface area contributed by atoms with Gasteiger partial charge in [-0.1, -0.05) is 52.7 Å². The Balaban J connectivity index is 2.75. The fraction of sp³-hybridized carbons (Fsp3) is 0.588. The van der Waals surface area contributed by atoms with Crippen molar-refractivity contribution in [3.05, 3.63) is 29.8 Å². The highest BCUT2D eigenvalue weighted by Gasteiger charge is 2.19. The monoisotopic (exact) mass is 277 g/mol. The van der Waals surface area contributed by atoms with E-state index in [0.717, 1.165) is 24.9 Å². The lowest BCUT2D eigenvalue weighted by molar-refractivity contribution is -0.141. The van der Waals surface area contributed by atoms with Crippen molar-refractivity contribution in [1.82, 2.24) is 0 Å². The molecular weight excluding hydrogens is 250 g/mol. The molecule has 1 rings (SSSR count). The van der Waals surface area contributed by atoms with E-state index in [1.165, 1.54) is 12.7 Å². The van der Waals surface area contributed by atoms with Gasteiger partial charge in [0.2, 0.25) is 0 Å². The molecule has 3 heteroatoms. The molecule has 0 bridgehead atoms. The number of hydrogen-bond donors (Lipinski definition) is 1. The summed E-state index contributed by atoms with van der Waals surface area (Å²) < 4.78 is 4.86. The lowest BCUT2D eigenvalue weighted by Crippen LogP contribution is -2.30. The first-order valence-corrected chi connectivity index (χ1v) is 7.33. The van der Waals surface area contributed by atoms with Gasteiger partial charge in [0.1, 0.15) is 6.04 Å². The zero-order valence-corrected chi connectivity index (χ0v) is 13.3. The van der Waals surface area contributed by atoms with Crippen molar-refractivity contribution in [1.29, 1.82) is 0 Å². The highest BCUT2D eigenvalue weighted by Crippen LogP contribution is 2.24. The second-order valence-electron chi connectivity index (χ2n) is 6.19. The van der Waals surface area contributed by atoms with Crippen LogP contribution in [0.3, 0.4) is 0 Å². The van der Waals surface area contributed by atoms with Crippen LogP contribution in [0.1, 0.15) is 52.5 Å². The average Bonchev–Trinajstić information content (AvgIpc) is 2.42. The molecule has 0 aliphatic heterocycles. The predicted molar refractivity (Wildman–Crippen MR) is 84.1 cm³/mol. The first kappa shape index (κ1) is 16.5. The molecule has 1 atom stereocenters. The second-order valence-corrected chi connectivity index (χ2v) is 6.19. The lowest BCUT2D eigenvalue weighted by Gasteiger charge is -2.21. The summed E-state index contributed by atoms with van der Waals surface area (Å²) in [5, 5.41) is 3.27. The second kappa shape index (κ2) is 7.32. The Morgan fingerprint density at radius 3 is 2.30 bits per heavy atom. The van der Waals surface area contributed by atoms with Crippen LogP contribution in [0.25, 0.3) is 0 Å². The molecule has 0 radical (unpaired) electrons. The number of unbranched alkanes of at least 4 members (excludes halogenated alkanes) is 1. The number of esters is 1. The Kier molecular flexibility index (Phi) is 6.05. The van der Waals surface area contributed by atoms with Crippen LogP contribution < -0.4 is 5.32 Å². The average molecular weight is 277 g/mol. The van der Waals surface area contributed by atoms with Gasteiger partial charge < -0.3 is 10.1 Å². The fourth-order valence-electron chi connectivity index (χ4n) is 2.07. The van der Waals surface area contributed by atoms with Crippen molar-refractivity contribution < 1.29 is 9.53 Å². The van der Waals surface area contributed by atoms with Crippen molar-refractivity contribution in [3.63, 3.8) is 0 Å². The Morgan fingerprint density at radius 2 is 1.85 bits per heavy atom. The number of methoxy groups -OCH3 is 1. The third kappa shape index (κ3) is 4.87. The van der Waals surface area contributed by atoms with Crippen LogP contribution in [-0.4, -0.2) is 19.1 Å². The number of carbonyl (C=O) groups is 1. The normalized spacial score (nSPS) is 12.8. The molecule has 0 saturated heterocycles. The minimum Gasteiger partial charge on any atom is -0.467 e. The topological polar surface area (TPSA) is 38.3 Å². The van der Waals surface area contributed by atoms with E-state index in [0.29, 0.717) is 0 Å². The SMILES string of the molecule is CCCCC(Nc1ccc(C(C)(C)C)cc1)C(=O)OC. The maximum absolute atomic E-state index is 11.8. The molecular formula is C17H27NO2. The summed E-state index contributed by atoms with van der Waals surface area (Å²) >= 11 is 0. The molecule has 112 valence electrons. The van der Waals surface area contributed by atoms with Crippen LogP contribution in [0.4, 0.5) is 5.69 Å². The minimum absolute atomic E-state index is 0.141. The van der Waals surface area contributed by atoms with Gasteiger partial charge in [0.15, 0.2) is 0 Å². The molecule has 0 fully saturated rings. The number of carbonyl (C=O) groups excluding carboxylic acids is 1. The summed E-state index contributed by atoms with van der Waals surface area (Å²) in [4.78, 5) is 11.8. The molecule has 0 saturated carbocycles. The summed E-state index contributed by atoms with van der Waals surface area (Å²) in [7, 11) is 1.44. The largest absolute Gasteiger partial charge is 0.467 e. The van der Waals surface area contributed by atoms with E-state index in [-0.39, 0.29) is 17.4 Å².